The average molecular weight is 214 g/mol. The Kier molecular flexibility index (Phi) is 4.05. The monoisotopic (exact) mass is 214 g/mol. The van der Waals surface area contributed by atoms with Crippen molar-refractivity contribution in [3.63, 3.8) is 0 Å². The van der Waals surface area contributed by atoms with Gasteiger partial charge in [-0.25, -0.2) is 10.4 Å². The van der Waals surface area contributed by atoms with Gasteiger partial charge in [0.2, 0.25) is 0 Å². The zero-order chi connectivity index (χ0) is 11.4. The number of hydrogen-bond acceptors (Lipinski definition) is 4. The highest BCUT2D eigenvalue weighted by Crippen LogP contribution is 2.14. The van der Waals surface area contributed by atoms with Gasteiger partial charge in [-0.15, -0.1) is 0 Å². The van der Waals surface area contributed by atoms with Crippen molar-refractivity contribution in [2.24, 2.45) is 11.7 Å². The molecule has 0 aliphatic carbocycles. The van der Waals surface area contributed by atoms with Crippen LogP contribution >= 0.6 is 0 Å². The molecule has 1 rings (SSSR count). The molecule has 0 aromatic carbocycles. The molecule has 1 aliphatic heterocycles. The second kappa shape index (κ2) is 5.09. The maximum absolute atomic E-state index is 10.6. The molecular formula is C9H18N4O2. The first kappa shape index (κ1) is 11.9. The zero-order valence-electron chi connectivity index (χ0n) is 8.86. The van der Waals surface area contributed by atoms with Gasteiger partial charge in [-0.05, 0) is 19.8 Å². The summed E-state index contributed by atoms with van der Waals surface area (Å²) in [6.45, 7) is 3.02. The number of rotatable bonds is 4. The second-order valence-corrected chi connectivity index (χ2v) is 3.93. The Morgan fingerprint density at radius 1 is 1.73 bits per heavy atom. The Bertz CT molecular complexity index is 254. The van der Waals surface area contributed by atoms with E-state index in [-0.39, 0.29) is 11.8 Å². The minimum absolute atomic E-state index is 0.0484. The third-order valence-electron chi connectivity index (χ3n) is 2.61. The number of piperidine rings is 1. The number of hydrazine groups is 1. The van der Waals surface area contributed by atoms with Gasteiger partial charge < -0.3 is 10.8 Å². The molecule has 0 aromatic rings. The third kappa shape index (κ3) is 3.49. The third-order valence-corrected chi connectivity index (χ3v) is 2.61. The fraction of sp³-hybridized carbons (Fsp3) is 0.778. The number of aliphatic carboxylic acids is 1. The topological polar surface area (TPSA) is 102 Å². The molecule has 1 heterocycles. The van der Waals surface area contributed by atoms with E-state index in [9.17, 15) is 4.79 Å². The molecule has 0 bridgehead atoms. The number of amidine groups is 1. The number of carbonyl (C=O) groups is 1. The van der Waals surface area contributed by atoms with Crippen molar-refractivity contribution in [1.82, 2.24) is 10.4 Å². The van der Waals surface area contributed by atoms with Crippen molar-refractivity contribution < 1.29 is 9.90 Å². The number of nitrogens with one attached hydrogen (secondary N) is 2. The van der Waals surface area contributed by atoms with Crippen LogP contribution in [0.2, 0.25) is 0 Å². The summed E-state index contributed by atoms with van der Waals surface area (Å²) < 4.78 is 0. The molecule has 5 N–H and O–H groups in total. The fourth-order valence-corrected chi connectivity index (χ4v) is 1.68. The summed E-state index contributed by atoms with van der Waals surface area (Å²) in [5, 5.41) is 17.9. The SMILES string of the molecule is C[C@@H](NN1CCCC(C(=N)N)C1)C(=O)O. The standard InChI is InChI=1S/C9H18N4O2/c1-6(9(14)15)12-13-4-2-3-7(5-13)8(10)11/h6-7,12H,2-5H2,1H3,(H3,10,11)(H,14,15)/t6-,7?/m1/s1. The van der Waals surface area contributed by atoms with Crippen LogP contribution in [0.25, 0.3) is 0 Å². The molecule has 6 heteroatoms. The number of hydrogen-bond donors (Lipinski definition) is 4. The largest absolute Gasteiger partial charge is 0.480 e. The summed E-state index contributed by atoms with van der Waals surface area (Å²) in [5.74, 6) is -0.642. The molecule has 0 spiro atoms. The van der Waals surface area contributed by atoms with Gasteiger partial charge in [-0.1, -0.05) is 0 Å². The van der Waals surface area contributed by atoms with Gasteiger partial charge in [0.1, 0.15) is 6.04 Å². The molecule has 15 heavy (non-hydrogen) atoms. The fourth-order valence-electron chi connectivity index (χ4n) is 1.68. The van der Waals surface area contributed by atoms with Gasteiger partial charge in [0.05, 0.1) is 5.84 Å². The molecule has 0 amide bonds. The Morgan fingerprint density at radius 2 is 2.40 bits per heavy atom. The van der Waals surface area contributed by atoms with Crippen LogP contribution in [0.5, 0.6) is 0 Å². The molecule has 0 aromatic heterocycles. The summed E-state index contributed by atoms with van der Waals surface area (Å²) in [4.78, 5) is 10.6. The molecule has 1 unspecified atom stereocenters. The van der Waals surface area contributed by atoms with Gasteiger partial charge in [0, 0.05) is 19.0 Å². The summed E-state index contributed by atoms with van der Waals surface area (Å²) in [7, 11) is 0. The number of carboxylic acid groups (broad SMARTS) is 1. The van der Waals surface area contributed by atoms with Crippen LogP contribution in [0.15, 0.2) is 0 Å². The van der Waals surface area contributed by atoms with Crippen LogP contribution in [-0.4, -0.2) is 41.1 Å². The Labute approximate surface area is 88.9 Å². The lowest BCUT2D eigenvalue weighted by atomic mass is 9.98. The van der Waals surface area contributed by atoms with E-state index in [1.165, 1.54) is 0 Å². The molecule has 6 nitrogen and oxygen atoms in total. The van der Waals surface area contributed by atoms with Crippen LogP contribution in [0.1, 0.15) is 19.8 Å². The molecule has 2 atom stereocenters. The second-order valence-electron chi connectivity index (χ2n) is 3.93. The Balaban J connectivity index is 2.43. The predicted molar refractivity (Wildman–Crippen MR) is 56.4 cm³/mol. The first-order chi connectivity index (χ1) is 7.00. The lowest BCUT2D eigenvalue weighted by Gasteiger charge is -2.33. The zero-order valence-corrected chi connectivity index (χ0v) is 8.86. The van der Waals surface area contributed by atoms with Crippen molar-refractivity contribution in [3.8, 4) is 0 Å². The van der Waals surface area contributed by atoms with E-state index in [2.05, 4.69) is 5.43 Å². The maximum atomic E-state index is 10.6. The van der Waals surface area contributed by atoms with Crippen LogP contribution in [0.4, 0.5) is 0 Å². The number of nitrogens with two attached hydrogens (primary N) is 1. The van der Waals surface area contributed by atoms with E-state index < -0.39 is 12.0 Å². The average Bonchev–Trinajstić information content (AvgIpc) is 2.18. The van der Waals surface area contributed by atoms with Crippen LogP contribution in [0.3, 0.4) is 0 Å². The van der Waals surface area contributed by atoms with Gasteiger partial charge in [0.25, 0.3) is 0 Å². The highest BCUT2D eigenvalue weighted by molar-refractivity contribution is 5.79. The van der Waals surface area contributed by atoms with Gasteiger partial charge in [-0.3, -0.25) is 10.2 Å². The van der Waals surface area contributed by atoms with E-state index in [0.717, 1.165) is 19.4 Å². The summed E-state index contributed by atoms with van der Waals surface area (Å²) in [6, 6.07) is -0.601. The number of nitrogens with zero attached hydrogens (tertiary/aromatic N) is 1. The van der Waals surface area contributed by atoms with Crippen LogP contribution in [0, 0.1) is 11.3 Å². The summed E-state index contributed by atoms with van der Waals surface area (Å²) in [5.41, 5.74) is 8.32. The summed E-state index contributed by atoms with van der Waals surface area (Å²) in [6.07, 6.45) is 1.85. The van der Waals surface area contributed by atoms with Crippen molar-refractivity contribution in [3.05, 3.63) is 0 Å². The molecular weight excluding hydrogens is 196 g/mol. The van der Waals surface area contributed by atoms with Crippen molar-refractivity contribution in [2.75, 3.05) is 13.1 Å². The quantitative estimate of drug-likeness (QED) is 0.377. The van der Waals surface area contributed by atoms with Crippen molar-refractivity contribution in [2.45, 2.75) is 25.8 Å². The first-order valence-corrected chi connectivity index (χ1v) is 5.08. The van der Waals surface area contributed by atoms with E-state index in [0.29, 0.717) is 6.54 Å². The maximum Gasteiger partial charge on any atom is 0.321 e. The van der Waals surface area contributed by atoms with Crippen LogP contribution < -0.4 is 11.2 Å². The minimum Gasteiger partial charge on any atom is -0.480 e. The first-order valence-electron chi connectivity index (χ1n) is 5.08. The molecule has 0 saturated carbocycles. The van der Waals surface area contributed by atoms with Gasteiger partial charge in [0.15, 0.2) is 0 Å². The predicted octanol–water partition coefficient (Wildman–Crippen LogP) is -0.388. The van der Waals surface area contributed by atoms with Gasteiger partial charge >= 0.3 is 5.97 Å². The summed E-state index contributed by atoms with van der Waals surface area (Å²) >= 11 is 0. The molecule has 86 valence electrons. The van der Waals surface area contributed by atoms with E-state index in [4.69, 9.17) is 16.2 Å². The number of carboxylic acids is 1. The van der Waals surface area contributed by atoms with Crippen molar-refractivity contribution >= 4 is 11.8 Å². The highest BCUT2D eigenvalue weighted by Gasteiger charge is 2.24. The van der Waals surface area contributed by atoms with E-state index >= 15 is 0 Å². The van der Waals surface area contributed by atoms with Crippen molar-refractivity contribution in [1.29, 1.82) is 5.41 Å². The molecule has 1 saturated heterocycles. The normalized spacial score (nSPS) is 24.7. The lowest BCUT2D eigenvalue weighted by molar-refractivity contribution is -0.140. The highest BCUT2D eigenvalue weighted by atomic mass is 16.4. The molecule has 1 fully saturated rings. The minimum atomic E-state index is -0.875. The lowest BCUT2D eigenvalue weighted by Crippen LogP contribution is -2.52. The van der Waals surface area contributed by atoms with E-state index in [1.807, 2.05) is 5.01 Å². The molecule has 0 radical (unpaired) electrons. The Morgan fingerprint density at radius 3 is 2.93 bits per heavy atom. The van der Waals surface area contributed by atoms with Crippen LogP contribution in [-0.2, 0) is 4.79 Å². The smallest absolute Gasteiger partial charge is 0.321 e. The van der Waals surface area contributed by atoms with E-state index in [1.54, 1.807) is 6.92 Å². The van der Waals surface area contributed by atoms with Gasteiger partial charge in [-0.2, -0.15) is 0 Å². The molecule has 1 aliphatic rings. The Hall–Kier alpha value is -1.14.